The van der Waals surface area contributed by atoms with Gasteiger partial charge in [-0.15, -0.1) is 0 Å². The second-order valence-electron chi connectivity index (χ2n) is 23.4. The topological polar surface area (TPSA) is 98.8 Å². The van der Waals surface area contributed by atoms with E-state index in [1.165, 1.54) is 10.4 Å². The molecule has 0 radical (unpaired) electrons. The van der Waals surface area contributed by atoms with Crippen LogP contribution in [0.5, 0.6) is 0 Å². The Labute approximate surface area is 394 Å². The van der Waals surface area contributed by atoms with Gasteiger partial charge < -0.3 is 32.5 Å². The fourth-order valence-electron chi connectivity index (χ4n) is 10.2. The Bertz CT molecular complexity index is 1920. The Kier molecular flexibility index (Phi) is 16.1. The van der Waals surface area contributed by atoms with E-state index >= 15 is 0 Å². The van der Waals surface area contributed by atoms with Gasteiger partial charge >= 0.3 is 5.97 Å². The van der Waals surface area contributed by atoms with Crippen LogP contribution in [0, 0.1) is 17.3 Å². The highest BCUT2D eigenvalue weighted by Crippen LogP contribution is 2.47. The normalized spacial score (nSPS) is 31.9. The highest BCUT2D eigenvalue weighted by Gasteiger charge is 2.56. The zero-order valence-electron chi connectivity index (χ0n) is 42.2. The second-order valence-corrected chi connectivity index (χ2v) is 32.5. The summed E-state index contributed by atoms with van der Waals surface area (Å²) in [5, 5.41) is 2.23. The molecular weight excluding hydrogens is 849 g/mol. The number of esters is 1. The zero-order chi connectivity index (χ0) is 47.6. The third kappa shape index (κ3) is 11.9. The van der Waals surface area contributed by atoms with E-state index in [0.717, 1.165) is 19.3 Å². The molecule has 4 aliphatic rings. The van der Waals surface area contributed by atoms with Crippen molar-refractivity contribution in [3.63, 3.8) is 0 Å². The molecule has 0 amide bonds. The number of carbonyl (C=O) groups is 2. The van der Waals surface area contributed by atoms with Crippen LogP contribution in [0.3, 0.4) is 0 Å². The van der Waals surface area contributed by atoms with Crippen molar-refractivity contribution in [2.24, 2.45) is 17.3 Å². The fraction of sp³-hybridized carbons (Fsp3) is 0.667. The lowest BCUT2D eigenvalue weighted by molar-refractivity contribution is -0.272. The number of hydrogen-bond donors (Lipinski definition) is 0. The molecule has 0 saturated carbocycles. The summed E-state index contributed by atoms with van der Waals surface area (Å²) < 4.78 is 49.2. The van der Waals surface area contributed by atoms with Gasteiger partial charge in [-0.1, -0.05) is 128 Å². The van der Waals surface area contributed by atoms with Crippen molar-refractivity contribution in [3.8, 4) is 0 Å². The van der Waals surface area contributed by atoms with E-state index in [1.807, 2.05) is 32.9 Å². The quantitative estimate of drug-likeness (QED) is 0.0998. The average molecular weight is 931 g/mol. The van der Waals surface area contributed by atoms with Gasteiger partial charge in [0.1, 0.15) is 6.10 Å². The van der Waals surface area contributed by atoms with E-state index in [2.05, 4.69) is 142 Å². The first-order chi connectivity index (χ1) is 30.3. The Morgan fingerprint density at radius 2 is 1.45 bits per heavy atom. The Hall–Kier alpha value is -2.91. The van der Waals surface area contributed by atoms with E-state index in [9.17, 15) is 9.59 Å². The first-order valence-electron chi connectivity index (χ1n) is 24.5. The summed E-state index contributed by atoms with van der Waals surface area (Å²) in [5.74, 6) is 0.335. The molecule has 3 saturated heterocycles. The summed E-state index contributed by atoms with van der Waals surface area (Å²) in [6.45, 7) is 31.0. The minimum absolute atomic E-state index is 0.0422. The molecule has 0 spiro atoms. The maximum absolute atomic E-state index is 13.6. The van der Waals surface area contributed by atoms with Crippen molar-refractivity contribution in [1.29, 1.82) is 0 Å². The largest absolute Gasteiger partial charge is 0.484 e. The maximum Gasteiger partial charge on any atom is 0.311 e. The molecule has 4 aliphatic heterocycles. The van der Waals surface area contributed by atoms with Gasteiger partial charge in [-0.05, 0) is 105 Å². The van der Waals surface area contributed by atoms with E-state index in [-0.39, 0.29) is 83.3 Å². The van der Waals surface area contributed by atoms with Gasteiger partial charge in [0, 0.05) is 19.3 Å². The van der Waals surface area contributed by atoms with E-state index in [1.54, 1.807) is 0 Å². The average Bonchev–Trinajstić information content (AvgIpc) is 3.27. The van der Waals surface area contributed by atoms with E-state index in [0.29, 0.717) is 31.6 Å². The lowest BCUT2D eigenvalue weighted by Crippen LogP contribution is -2.69. The van der Waals surface area contributed by atoms with Crippen LogP contribution in [0.1, 0.15) is 128 Å². The zero-order valence-corrected chi connectivity index (χ0v) is 44.2. The SMILES string of the molecule is C[C@@H]1C[C@H](O[Si](c2ccccc2)(c2ccccc2)C(C)(C)C)[C@@H](CCOC(=O)C(C)(C)C)O[C@H]2C[C@H]3O[C@H]4C/C=C\CC(=O)/C(=C\CO[Si](C)(C)C(C)(C)C)O[C@@H]4[C@@H](C)C[C@@H]3O[C@]2(C)C1. The van der Waals surface area contributed by atoms with Crippen molar-refractivity contribution in [2.45, 2.75) is 200 Å². The van der Waals surface area contributed by atoms with Crippen LogP contribution in [0.15, 0.2) is 84.7 Å². The first kappa shape index (κ1) is 51.5. The monoisotopic (exact) mass is 931 g/mol. The van der Waals surface area contributed by atoms with Gasteiger partial charge in [0.25, 0.3) is 8.32 Å². The summed E-state index contributed by atoms with van der Waals surface area (Å²) >= 11 is 0. The summed E-state index contributed by atoms with van der Waals surface area (Å²) in [5.41, 5.74) is -1.24. The number of Topliss-reactive ketones (excluding diaryl/α,β-unsaturated/α-hetero) is 1. The number of benzene rings is 2. The predicted octanol–water partition coefficient (Wildman–Crippen LogP) is 10.6. The van der Waals surface area contributed by atoms with Crippen molar-refractivity contribution >= 4 is 38.8 Å². The van der Waals surface area contributed by atoms with Gasteiger partial charge in [-0.25, -0.2) is 0 Å². The van der Waals surface area contributed by atoms with Crippen LogP contribution in [-0.2, 0) is 42.1 Å². The number of allylic oxidation sites excluding steroid dienone is 2. The van der Waals surface area contributed by atoms with Crippen LogP contribution in [0.25, 0.3) is 0 Å². The molecule has 0 N–H and O–H groups in total. The fourth-order valence-corrected chi connectivity index (χ4v) is 15.9. The standard InChI is InChI=1S/C54H82O9Si2/c1-37-33-47(63-65(53(9,10)11,39-23-17-15-18-24-39)40-25-19-16-20-26-40)43(29-31-57-50(56)51(3,4)5)60-48-35-45-46(62-54(48,12)36-37)34-38(2)49-44(59-45)28-22-21-27-41(55)42(61-49)30-32-58-64(13,14)52(6,7)8/h15-26,30,37-38,43-49H,27-29,31-36H2,1-14H3/b22-21-,42-30+/t37-,38+,43-,44+,45-,46+,47+,48+,49-,54-/m1/s1. The lowest BCUT2D eigenvalue weighted by atomic mass is 9.77. The van der Waals surface area contributed by atoms with Crippen LogP contribution < -0.4 is 10.4 Å². The van der Waals surface area contributed by atoms with Crippen molar-refractivity contribution < 1.29 is 42.1 Å². The molecule has 6 rings (SSSR count). The molecule has 0 aliphatic carbocycles. The molecule has 9 nitrogen and oxygen atoms in total. The summed E-state index contributed by atoms with van der Waals surface area (Å²) in [6, 6.07) is 21.5. The summed E-state index contributed by atoms with van der Waals surface area (Å²) in [7, 11) is -5.05. The Morgan fingerprint density at radius 3 is 2.03 bits per heavy atom. The highest BCUT2D eigenvalue weighted by molar-refractivity contribution is 6.99. The number of rotatable bonds is 10. The minimum Gasteiger partial charge on any atom is -0.484 e. The highest BCUT2D eigenvalue weighted by atomic mass is 28.4. The predicted molar refractivity (Wildman–Crippen MR) is 264 cm³/mol. The molecule has 0 bridgehead atoms. The van der Waals surface area contributed by atoms with Crippen molar-refractivity contribution in [2.75, 3.05) is 13.2 Å². The number of fused-ring (bicyclic) bond motifs is 3. The smallest absolute Gasteiger partial charge is 0.311 e. The molecule has 0 unspecified atom stereocenters. The number of hydrogen-bond acceptors (Lipinski definition) is 9. The molecule has 2 aromatic rings. The molecule has 3 fully saturated rings. The molecule has 65 heavy (non-hydrogen) atoms. The lowest BCUT2D eigenvalue weighted by Gasteiger charge is -2.53. The van der Waals surface area contributed by atoms with Crippen LogP contribution in [0.2, 0.25) is 23.2 Å². The summed E-state index contributed by atoms with van der Waals surface area (Å²) in [6.07, 6.45) is 7.96. The van der Waals surface area contributed by atoms with Gasteiger partial charge in [0.15, 0.2) is 14.1 Å². The van der Waals surface area contributed by atoms with Gasteiger partial charge in [-0.3, -0.25) is 9.59 Å². The molecule has 11 heteroatoms. The number of ether oxygens (including phenoxy) is 5. The van der Waals surface area contributed by atoms with Crippen molar-refractivity contribution in [3.05, 3.63) is 84.7 Å². The third-order valence-electron chi connectivity index (χ3n) is 14.9. The Morgan fingerprint density at radius 1 is 0.815 bits per heavy atom. The number of carbonyl (C=O) groups excluding carboxylic acids is 2. The third-order valence-corrected chi connectivity index (χ3v) is 24.4. The molecule has 2 aromatic carbocycles. The van der Waals surface area contributed by atoms with Crippen molar-refractivity contribution in [1.82, 2.24) is 0 Å². The van der Waals surface area contributed by atoms with Crippen LogP contribution in [0.4, 0.5) is 0 Å². The van der Waals surface area contributed by atoms with Gasteiger partial charge in [0.05, 0.1) is 60.9 Å². The molecule has 360 valence electrons. The molecule has 4 heterocycles. The summed E-state index contributed by atoms with van der Waals surface area (Å²) in [4.78, 5) is 26.8. The van der Waals surface area contributed by atoms with Gasteiger partial charge in [0.2, 0.25) is 5.78 Å². The van der Waals surface area contributed by atoms with Crippen LogP contribution in [-0.4, -0.2) is 89.9 Å². The second kappa shape index (κ2) is 20.4. The van der Waals surface area contributed by atoms with Gasteiger partial charge in [-0.2, -0.15) is 0 Å². The minimum atomic E-state index is -3.01. The molecule has 0 aromatic heterocycles. The van der Waals surface area contributed by atoms with Crippen LogP contribution >= 0.6 is 0 Å². The Balaban J connectivity index is 1.33. The maximum atomic E-state index is 13.6. The van der Waals surface area contributed by atoms with E-state index in [4.69, 9.17) is 32.5 Å². The first-order valence-corrected chi connectivity index (χ1v) is 29.3. The number of ketones is 1. The molecule has 10 atom stereocenters. The molecular formula is C54H82O9Si2. The van der Waals surface area contributed by atoms with E-state index < -0.39 is 33.8 Å².